The lowest BCUT2D eigenvalue weighted by Crippen LogP contribution is -2.13. The lowest BCUT2D eigenvalue weighted by molar-refractivity contribution is -0.114. The van der Waals surface area contributed by atoms with Crippen LogP contribution < -0.4 is 10.6 Å². The third kappa shape index (κ3) is 6.76. The van der Waals surface area contributed by atoms with Gasteiger partial charge in [0.25, 0.3) is 5.91 Å². The van der Waals surface area contributed by atoms with Crippen LogP contribution in [0.5, 0.6) is 0 Å². The molecule has 4 aromatic rings. The maximum atomic E-state index is 13.1. The number of Topliss-reactive ketones (excluding diaryl/α,β-unsaturated/α-hetero) is 1. The summed E-state index contributed by atoms with van der Waals surface area (Å²) in [5, 5.41) is 5.60. The van der Waals surface area contributed by atoms with Crippen molar-refractivity contribution in [3.63, 3.8) is 0 Å². The van der Waals surface area contributed by atoms with E-state index in [0.29, 0.717) is 29.1 Å². The summed E-state index contributed by atoms with van der Waals surface area (Å²) in [6, 6.07) is 26.1. The molecule has 6 nitrogen and oxygen atoms in total. The number of ketones is 1. The number of pyridine rings is 1. The van der Waals surface area contributed by atoms with Gasteiger partial charge in [0.2, 0.25) is 5.91 Å². The maximum absolute atomic E-state index is 13.1. The second-order valence-electron chi connectivity index (χ2n) is 9.07. The average Bonchev–Trinajstić information content (AvgIpc) is 2.88. The highest BCUT2D eigenvalue weighted by molar-refractivity contribution is 6.09. The van der Waals surface area contributed by atoms with Crippen molar-refractivity contribution < 1.29 is 14.4 Å². The number of nitrogens with zero attached hydrogens (tertiary/aromatic N) is 1. The molecule has 0 aliphatic rings. The highest BCUT2D eigenvalue weighted by atomic mass is 16.2. The van der Waals surface area contributed by atoms with Gasteiger partial charge in [-0.2, -0.15) is 0 Å². The van der Waals surface area contributed by atoms with E-state index in [4.69, 9.17) is 0 Å². The van der Waals surface area contributed by atoms with Crippen molar-refractivity contribution in [2.24, 2.45) is 0 Å². The molecule has 186 valence electrons. The zero-order chi connectivity index (χ0) is 26.4. The van der Waals surface area contributed by atoms with Gasteiger partial charge in [0.15, 0.2) is 5.78 Å². The Morgan fingerprint density at radius 1 is 0.784 bits per heavy atom. The zero-order valence-electron chi connectivity index (χ0n) is 21.2. The van der Waals surface area contributed by atoms with Crippen LogP contribution in [0, 0.1) is 13.8 Å². The predicted molar refractivity (Wildman–Crippen MR) is 147 cm³/mol. The maximum Gasteiger partial charge on any atom is 0.256 e. The smallest absolute Gasteiger partial charge is 0.256 e. The fourth-order valence-corrected chi connectivity index (χ4v) is 4.02. The molecular formula is C31H29N3O3. The van der Waals surface area contributed by atoms with E-state index in [2.05, 4.69) is 15.6 Å². The molecule has 4 rings (SSSR count). The van der Waals surface area contributed by atoms with Crippen LogP contribution in [0.3, 0.4) is 0 Å². The van der Waals surface area contributed by atoms with Crippen LogP contribution in [0.2, 0.25) is 0 Å². The fraction of sp³-hybridized carbons (Fsp3) is 0.161. The monoisotopic (exact) mass is 491 g/mol. The molecule has 0 saturated heterocycles. The Labute approximate surface area is 216 Å². The quantitative estimate of drug-likeness (QED) is 0.280. The van der Waals surface area contributed by atoms with E-state index in [-0.39, 0.29) is 24.0 Å². The number of amides is 2. The largest absolute Gasteiger partial charge is 0.322 e. The summed E-state index contributed by atoms with van der Waals surface area (Å²) in [4.78, 5) is 41.4. The van der Waals surface area contributed by atoms with Crippen LogP contribution in [0.15, 0.2) is 84.9 Å². The summed E-state index contributed by atoms with van der Waals surface area (Å²) in [7, 11) is 0. The van der Waals surface area contributed by atoms with Gasteiger partial charge in [0.05, 0.1) is 0 Å². The molecule has 1 aromatic heterocycles. The molecular weight excluding hydrogens is 462 g/mol. The van der Waals surface area contributed by atoms with Crippen molar-refractivity contribution in [3.05, 3.63) is 113 Å². The third-order valence-electron chi connectivity index (χ3n) is 5.97. The van der Waals surface area contributed by atoms with E-state index in [1.165, 1.54) is 6.92 Å². The first kappa shape index (κ1) is 25.5. The van der Waals surface area contributed by atoms with Crippen molar-refractivity contribution in [2.75, 3.05) is 10.6 Å². The number of aromatic nitrogens is 1. The number of aryl methyl sites for hydroxylation is 3. The Hall–Kier alpha value is -4.58. The van der Waals surface area contributed by atoms with Crippen LogP contribution in [-0.4, -0.2) is 22.6 Å². The van der Waals surface area contributed by atoms with Crippen molar-refractivity contribution in [1.29, 1.82) is 0 Å². The van der Waals surface area contributed by atoms with E-state index in [1.807, 2.05) is 62.4 Å². The molecule has 1 heterocycles. The number of hydrogen-bond donors (Lipinski definition) is 2. The molecule has 0 saturated carbocycles. The Bertz CT molecular complexity index is 1440. The molecule has 0 aliphatic heterocycles. The first-order chi connectivity index (χ1) is 17.8. The van der Waals surface area contributed by atoms with Gasteiger partial charge in [0.1, 0.15) is 5.82 Å². The number of hydrogen-bond acceptors (Lipinski definition) is 4. The summed E-state index contributed by atoms with van der Waals surface area (Å²) in [5.41, 5.74) is 6.58. The summed E-state index contributed by atoms with van der Waals surface area (Å²) >= 11 is 0. The number of nitrogens with one attached hydrogen (secondary N) is 2. The molecule has 0 spiro atoms. The number of rotatable bonds is 8. The van der Waals surface area contributed by atoms with Gasteiger partial charge in [-0.15, -0.1) is 0 Å². The number of carbonyl (C=O) groups is 3. The lowest BCUT2D eigenvalue weighted by Gasteiger charge is -2.12. The molecule has 37 heavy (non-hydrogen) atoms. The number of anilines is 2. The van der Waals surface area contributed by atoms with E-state index in [1.54, 1.807) is 36.4 Å². The van der Waals surface area contributed by atoms with Crippen LogP contribution in [0.1, 0.15) is 50.9 Å². The van der Waals surface area contributed by atoms with Crippen LogP contribution >= 0.6 is 0 Å². The van der Waals surface area contributed by atoms with Crippen molar-refractivity contribution in [1.82, 2.24) is 4.98 Å². The Morgan fingerprint density at radius 2 is 1.49 bits per heavy atom. The molecule has 0 bridgehead atoms. The summed E-state index contributed by atoms with van der Waals surface area (Å²) in [5.74, 6) is 0.0443. The Morgan fingerprint density at radius 3 is 2.19 bits per heavy atom. The Kier molecular flexibility index (Phi) is 7.89. The highest BCUT2D eigenvalue weighted by Gasteiger charge is 2.14. The van der Waals surface area contributed by atoms with Gasteiger partial charge in [-0.3, -0.25) is 14.4 Å². The minimum atomic E-state index is -0.209. The van der Waals surface area contributed by atoms with E-state index in [9.17, 15) is 14.4 Å². The van der Waals surface area contributed by atoms with Crippen molar-refractivity contribution >= 4 is 29.1 Å². The van der Waals surface area contributed by atoms with Crippen LogP contribution in [0.25, 0.3) is 11.1 Å². The van der Waals surface area contributed by atoms with Gasteiger partial charge < -0.3 is 10.6 Å². The van der Waals surface area contributed by atoms with Gasteiger partial charge in [-0.25, -0.2) is 4.98 Å². The van der Waals surface area contributed by atoms with Crippen molar-refractivity contribution in [3.8, 4) is 11.1 Å². The third-order valence-corrected chi connectivity index (χ3v) is 5.97. The molecule has 3 aromatic carbocycles. The standard InChI is InChI=1S/C31H29N3O3/c1-20-7-10-23(11-8-20)28-19-21(2)9-17-27(28)31(37)34-26-14-12-24(13-15-26)29(36)18-16-25-5-4-6-30(33-25)32-22(3)35/h4-15,17,19H,16,18H2,1-3H3,(H,34,37)(H,32,33,35). The van der Waals surface area contributed by atoms with Gasteiger partial charge >= 0.3 is 0 Å². The van der Waals surface area contributed by atoms with Crippen LogP contribution in [0.4, 0.5) is 11.5 Å². The second kappa shape index (κ2) is 11.4. The average molecular weight is 492 g/mol. The summed E-state index contributed by atoms with van der Waals surface area (Å²) in [6.45, 7) is 5.46. The summed E-state index contributed by atoms with van der Waals surface area (Å²) < 4.78 is 0. The zero-order valence-corrected chi connectivity index (χ0v) is 21.2. The minimum absolute atomic E-state index is 0.0233. The first-order valence-electron chi connectivity index (χ1n) is 12.1. The van der Waals surface area contributed by atoms with E-state index < -0.39 is 0 Å². The van der Waals surface area contributed by atoms with Gasteiger partial charge in [-0.05, 0) is 73.9 Å². The lowest BCUT2D eigenvalue weighted by atomic mass is 9.96. The number of benzene rings is 3. The van der Waals surface area contributed by atoms with E-state index in [0.717, 1.165) is 27.9 Å². The highest BCUT2D eigenvalue weighted by Crippen LogP contribution is 2.26. The second-order valence-corrected chi connectivity index (χ2v) is 9.07. The molecule has 0 unspecified atom stereocenters. The molecule has 0 aliphatic carbocycles. The Balaban J connectivity index is 1.41. The first-order valence-corrected chi connectivity index (χ1v) is 12.1. The minimum Gasteiger partial charge on any atom is -0.322 e. The molecule has 2 N–H and O–H groups in total. The normalized spacial score (nSPS) is 10.6. The van der Waals surface area contributed by atoms with Crippen LogP contribution in [-0.2, 0) is 11.2 Å². The molecule has 2 amide bonds. The summed E-state index contributed by atoms with van der Waals surface area (Å²) in [6.07, 6.45) is 0.742. The van der Waals surface area contributed by atoms with E-state index >= 15 is 0 Å². The molecule has 0 radical (unpaired) electrons. The SMILES string of the molecule is CC(=O)Nc1cccc(CCC(=O)c2ccc(NC(=O)c3ccc(C)cc3-c3ccc(C)cc3)cc2)n1. The predicted octanol–water partition coefficient (Wildman–Crippen LogP) is 6.39. The molecule has 0 atom stereocenters. The number of carbonyl (C=O) groups excluding carboxylic acids is 3. The molecule has 0 fully saturated rings. The van der Waals surface area contributed by atoms with Gasteiger partial charge in [0, 0.05) is 35.9 Å². The topological polar surface area (TPSA) is 88.2 Å². The fourth-order valence-electron chi connectivity index (χ4n) is 4.02. The van der Waals surface area contributed by atoms with Crippen molar-refractivity contribution in [2.45, 2.75) is 33.6 Å². The molecule has 6 heteroatoms. The van der Waals surface area contributed by atoms with Gasteiger partial charge in [-0.1, -0.05) is 53.6 Å².